The topological polar surface area (TPSA) is 15.3 Å². The first kappa shape index (κ1) is 16.7. The lowest BCUT2D eigenvalue weighted by Gasteiger charge is -2.26. The monoisotopic (exact) mass is 354 g/mol. The highest BCUT2D eigenvalue weighted by molar-refractivity contribution is 7.80. The summed E-state index contributed by atoms with van der Waals surface area (Å²) in [6, 6.07) is 20.5. The summed E-state index contributed by atoms with van der Waals surface area (Å²) in [6.07, 6.45) is 0. The van der Waals surface area contributed by atoms with Crippen molar-refractivity contribution in [1.29, 1.82) is 0 Å². The van der Waals surface area contributed by atoms with E-state index in [4.69, 9.17) is 23.8 Å². The lowest BCUT2D eigenvalue weighted by atomic mass is 10.1. The van der Waals surface area contributed by atoms with Gasteiger partial charge in [-0.3, -0.25) is 0 Å². The Morgan fingerprint density at radius 1 is 1.08 bits per heavy atom. The summed E-state index contributed by atoms with van der Waals surface area (Å²) in [5, 5.41) is 7.08. The Bertz CT molecular complexity index is 886. The van der Waals surface area contributed by atoms with Gasteiger partial charge in [0.2, 0.25) is 0 Å². The molecule has 0 aliphatic heterocycles. The molecule has 0 spiro atoms. The van der Waals surface area contributed by atoms with Gasteiger partial charge in [0.1, 0.15) is 0 Å². The summed E-state index contributed by atoms with van der Waals surface area (Å²) in [5.74, 6) is 0. The molecular weight excluding hydrogens is 336 g/mol. The van der Waals surface area contributed by atoms with Crippen LogP contribution in [0.3, 0.4) is 0 Å². The van der Waals surface area contributed by atoms with Crippen molar-refractivity contribution >= 4 is 51.1 Å². The van der Waals surface area contributed by atoms with Crippen molar-refractivity contribution < 1.29 is 0 Å². The van der Waals surface area contributed by atoms with E-state index in [1.807, 2.05) is 31.2 Å². The van der Waals surface area contributed by atoms with Crippen molar-refractivity contribution in [3.8, 4) is 0 Å². The smallest absolute Gasteiger partial charge is 0.177 e. The summed E-state index contributed by atoms with van der Waals surface area (Å²) in [5.41, 5.74) is 3.05. The van der Waals surface area contributed by atoms with Crippen LogP contribution >= 0.6 is 23.8 Å². The summed E-state index contributed by atoms with van der Waals surface area (Å²) >= 11 is 11.9. The summed E-state index contributed by atoms with van der Waals surface area (Å²) < 4.78 is 0. The maximum Gasteiger partial charge on any atom is 0.177 e. The molecule has 0 saturated carbocycles. The van der Waals surface area contributed by atoms with Gasteiger partial charge in [-0.2, -0.15) is 0 Å². The maximum atomic E-state index is 6.21. The molecular formula is C20H19ClN2S. The number of halogens is 1. The van der Waals surface area contributed by atoms with E-state index in [-0.39, 0.29) is 0 Å². The Morgan fingerprint density at radius 3 is 2.58 bits per heavy atom. The number of hydrogen-bond donors (Lipinski definition) is 1. The fraction of sp³-hybridized carbons (Fsp3) is 0.150. The molecule has 0 unspecified atom stereocenters. The zero-order valence-electron chi connectivity index (χ0n) is 13.7. The molecule has 0 aliphatic rings. The molecule has 0 saturated heterocycles. The second-order valence-corrected chi connectivity index (χ2v) is 6.43. The molecule has 0 atom stereocenters. The molecule has 0 heterocycles. The third-order valence-electron chi connectivity index (χ3n) is 4.04. The molecule has 1 N–H and O–H groups in total. The van der Waals surface area contributed by atoms with Crippen LogP contribution in [0.5, 0.6) is 0 Å². The molecule has 0 radical (unpaired) electrons. The van der Waals surface area contributed by atoms with E-state index in [0.29, 0.717) is 5.11 Å². The third kappa shape index (κ3) is 3.37. The van der Waals surface area contributed by atoms with E-state index in [0.717, 1.165) is 28.5 Å². The zero-order valence-corrected chi connectivity index (χ0v) is 15.3. The Morgan fingerprint density at radius 2 is 1.83 bits per heavy atom. The molecule has 24 heavy (non-hydrogen) atoms. The van der Waals surface area contributed by atoms with Crippen LogP contribution in [-0.4, -0.2) is 11.7 Å². The molecule has 3 aromatic carbocycles. The number of thiocarbonyl (C=S) groups is 1. The highest BCUT2D eigenvalue weighted by Crippen LogP contribution is 2.28. The lowest BCUT2D eigenvalue weighted by Crippen LogP contribution is -2.34. The van der Waals surface area contributed by atoms with E-state index in [9.17, 15) is 0 Å². The Hall–Kier alpha value is -2.10. The van der Waals surface area contributed by atoms with Crippen LogP contribution in [0.25, 0.3) is 10.8 Å². The van der Waals surface area contributed by atoms with Gasteiger partial charge in [-0.05, 0) is 55.2 Å². The normalized spacial score (nSPS) is 10.6. The predicted molar refractivity (Wildman–Crippen MR) is 109 cm³/mol. The van der Waals surface area contributed by atoms with E-state index >= 15 is 0 Å². The Kier molecular flexibility index (Phi) is 5.03. The van der Waals surface area contributed by atoms with Crippen LogP contribution in [0, 0.1) is 6.92 Å². The molecule has 3 aromatic rings. The van der Waals surface area contributed by atoms with Gasteiger partial charge in [0.15, 0.2) is 5.11 Å². The van der Waals surface area contributed by atoms with Crippen LogP contribution in [0.2, 0.25) is 5.02 Å². The van der Waals surface area contributed by atoms with Crippen molar-refractivity contribution in [1.82, 2.24) is 0 Å². The largest absolute Gasteiger partial charge is 0.332 e. The van der Waals surface area contributed by atoms with Crippen molar-refractivity contribution in [2.24, 2.45) is 0 Å². The van der Waals surface area contributed by atoms with Crippen LogP contribution in [0.1, 0.15) is 12.5 Å². The fourth-order valence-electron chi connectivity index (χ4n) is 2.73. The van der Waals surface area contributed by atoms with Crippen molar-refractivity contribution in [2.45, 2.75) is 13.8 Å². The number of benzene rings is 3. The third-order valence-corrected chi connectivity index (χ3v) is 4.77. The van der Waals surface area contributed by atoms with Gasteiger partial charge >= 0.3 is 0 Å². The second kappa shape index (κ2) is 7.20. The quantitative estimate of drug-likeness (QED) is 0.578. The lowest BCUT2D eigenvalue weighted by molar-refractivity contribution is 1.07. The first-order valence-corrected chi connectivity index (χ1v) is 8.71. The van der Waals surface area contributed by atoms with Crippen molar-refractivity contribution in [3.05, 3.63) is 71.2 Å². The van der Waals surface area contributed by atoms with Gasteiger partial charge in [-0.25, -0.2) is 0 Å². The molecule has 0 fully saturated rings. The number of aryl methyl sites for hydroxylation is 1. The minimum absolute atomic E-state index is 0.661. The number of fused-ring (bicyclic) bond motifs is 1. The Balaban J connectivity index is 1.92. The minimum atomic E-state index is 0.661. The first-order valence-electron chi connectivity index (χ1n) is 7.92. The van der Waals surface area contributed by atoms with Crippen LogP contribution in [0.4, 0.5) is 11.4 Å². The van der Waals surface area contributed by atoms with Gasteiger partial charge < -0.3 is 10.2 Å². The number of nitrogens with zero attached hydrogens (tertiary/aromatic N) is 1. The van der Waals surface area contributed by atoms with E-state index in [1.165, 1.54) is 10.8 Å². The first-order chi connectivity index (χ1) is 11.6. The maximum absolute atomic E-state index is 6.21. The number of nitrogens with one attached hydrogen (secondary N) is 1. The van der Waals surface area contributed by atoms with Crippen LogP contribution < -0.4 is 10.2 Å². The van der Waals surface area contributed by atoms with Gasteiger partial charge in [0, 0.05) is 22.6 Å². The SMILES string of the molecule is CCN(C(=S)Nc1ccc(C)c(Cl)c1)c1cccc2ccccc12. The molecule has 4 heteroatoms. The molecule has 0 bridgehead atoms. The number of hydrogen-bond acceptors (Lipinski definition) is 1. The summed E-state index contributed by atoms with van der Waals surface area (Å²) in [7, 11) is 0. The summed E-state index contributed by atoms with van der Waals surface area (Å²) in [4.78, 5) is 2.10. The van der Waals surface area contributed by atoms with Gasteiger partial charge in [0.25, 0.3) is 0 Å². The molecule has 0 amide bonds. The van der Waals surface area contributed by atoms with E-state index < -0.39 is 0 Å². The Labute approximate surface area is 153 Å². The highest BCUT2D eigenvalue weighted by Gasteiger charge is 2.13. The highest BCUT2D eigenvalue weighted by atomic mass is 35.5. The minimum Gasteiger partial charge on any atom is -0.332 e. The van der Waals surface area contributed by atoms with Gasteiger partial charge in [-0.1, -0.05) is 54.1 Å². The van der Waals surface area contributed by atoms with Gasteiger partial charge in [-0.15, -0.1) is 0 Å². The number of rotatable bonds is 3. The number of anilines is 2. The van der Waals surface area contributed by atoms with E-state index in [1.54, 1.807) is 0 Å². The molecule has 122 valence electrons. The van der Waals surface area contributed by atoms with Crippen LogP contribution in [0.15, 0.2) is 60.7 Å². The average molecular weight is 355 g/mol. The average Bonchev–Trinajstić information content (AvgIpc) is 2.59. The second-order valence-electron chi connectivity index (χ2n) is 5.64. The molecule has 3 rings (SSSR count). The van der Waals surface area contributed by atoms with Crippen molar-refractivity contribution in [3.63, 3.8) is 0 Å². The van der Waals surface area contributed by atoms with E-state index in [2.05, 4.69) is 53.5 Å². The molecule has 2 nitrogen and oxygen atoms in total. The van der Waals surface area contributed by atoms with Crippen molar-refractivity contribution in [2.75, 3.05) is 16.8 Å². The van der Waals surface area contributed by atoms with Gasteiger partial charge in [0.05, 0.1) is 5.69 Å². The predicted octanol–water partition coefficient (Wildman–Crippen LogP) is 6.02. The molecule has 0 aliphatic carbocycles. The fourth-order valence-corrected chi connectivity index (χ4v) is 3.25. The summed E-state index contributed by atoms with van der Waals surface area (Å²) in [6.45, 7) is 4.86. The standard InChI is InChI=1S/C20H19ClN2S/c1-3-23(19-10-6-8-15-7-4-5-9-17(15)19)20(24)22-16-12-11-14(2)18(21)13-16/h4-13H,3H2,1-2H3,(H,22,24). The zero-order chi connectivity index (χ0) is 17.1. The molecule has 0 aromatic heterocycles. The van der Waals surface area contributed by atoms with Crippen LogP contribution in [-0.2, 0) is 0 Å².